The Morgan fingerprint density at radius 2 is 0.867 bits per heavy atom. The summed E-state index contributed by atoms with van der Waals surface area (Å²) in [5.74, 6) is 0. The number of hydrogen-bond donors (Lipinski definition) is 0. The van der Waals surface area contributed by atoms with Gasteiger partial charge in [-0.2, -0.15) is 0 Å². The molecule has 0 spiro atoms. The van der Waals surface area contributed by atoms with E-state index in [-0.39, 0.29) is 0 Å². The largest absolute Gasteiger partial charge is 0.0599 e. The Labute approximate surface area is 96.8 Å². The Morgan fingerprint density at radius 1 is 0.533 bits per heavy atom. The summed E-state index contributed by atoms with van der Waals surface area (Å²) in [7, 11) is 0. The van der Waals surface area contributed by atoms with Gasteiger partial charge >= 0.3 is 0 Å². The summed E-state index contributed by atoms with van der Waals surface area (Å²) >= 11 is 0. The van der Waals surface area contributed by atoms with E-state index >= 15 is 0 Å². The number of hydrogen-bond acceptors (Lipinski definition) is 0. The zero-order valence-corrected chi connectivity index (χ0v) is 11.4. The van der Waals surface area contributed by atoms with E-state index in [0.29, 0.717) is 10.8 Å². The molecule has 0 atom stereocenters. The van der Waals surface area contributed by atoms with Crippen molar-refractivity contribution >= 4 is 0 Å². The average Bonchev–Trinajstić information content (AvgIpc) is 2.08. The predicted molar refractivity (Wildman–Crippen MR) is 69.1 cm³/mol. The summed E-state index contributed by atoms with van der Waals surface area (Å²) in [5.41, 5.74) is 1.13. The SMILES string of the molecule is CC1(C)CCCCCCCCC(C)(C)C1. The smallest absolute Gasteiger partial charge is 0.0349 e. The standard InChI is InChI=1S/C15H30/c1-14(2)11-9-7-5-6-8-10-12-15(3,4)13-14/h5-13H2,1-4H3. The normalized spacial score (nSPS) is 28.0. The molecule has 1 aliphatic rings. The molecule has 0 bridgehead atoms. The van der Waals surface area contributed by atoms with Gasteiger partial charge in [-0.25, -0.2) is 0 Å². The van der Waals surface area contributed by atoms with E-state index in [4.69, 9.17) is 0 Å². The van der Waals surface area contributed by atoms with Gasteiger partial charge in [0.2, 0.25) is 0 Å². The van der Waals surface area contributed by atoms with E-state index in [1.54, 1.807) is 0 Å². The van der Waals surface area contributed by atoms with Gasteiger partial charge in [0.25, 0.3) is 0 Å². The van der Waals surface area contributed by atoms with Gasteiger partial charge in [-0.15, -0.1) is 0 Å². The second-order valence-corrected chi connectivity index (χ2v) is 7.13. The Hall–Kier alpha value is 0. The van der Waals surface area contributed by atoms with Crippen LogP contribution in [-0.4, -0.2) is 0 Å². The maximum Gasteiger partial charge on any atom is -0.0349 e. The second-order valence-electron chi connectivity index (χ2n) is 7.13. The maximum atomic E-state index is 2.46. The van der Waals surface area contributed by atoms with Crippen molar-refractivity contribution < 1.29 is 0 Å². The first-order valence-corrected chi connectivity index (χ1v) is 6.91. The van der Waals surface area contributed by atoms with E-state index in [9.17, 15) is 0 Å². The van der Waals surface area contributed by atoms with Crippen LogP contribution >= 0.6 is 0 Å². The highest BCUT2D eigenvalue weighted by molar-refractivity contribution is 4.79. The quantitative estimate of drug-likeness (QED) is 0.491. The van der Waals surface area contributed by atoms with E-state index in [1.165, 1.54) is 57.8 Å². The molecule has 0 amide bonds. The predicted octanol–water partition coefficient (Wildman–Crippen LogP) is 5.56. The Kier molecular flexibility index (Phi) is 4.67. The van der Waals surface area contributed by atoms with Crippen molar-refractivity contribution in [3.8, 4) is 0 Å². The molecule has 0 aromatic rings. The molecular weight excluding hydrogens is 180 g/mol. The molecule has 1 fully saturated rings. The van der Waals surface area contributed by atoms with Crippen molar-refractivity contribution in [3.63, 3.8) is 0 Å². The van der Waals surface area contributed by atoms with Crippen LogP contribution in [0, 0.1) is 10.8 Å². The second kappa shape index (κ2) is 5.37. The van der Waals surface area contributed by atoms with Crippen LogP contribution in [0.25, 0.3) is 0 Å². The monoisotopic (exact) mass is 210 g/mol. The highest BCUT2D eigenvalue weighted by Gasteiger charge is 2.28. The van der Waals surface area contributed by atoms with Crippen molar-refractivity contribution in [2.75, 3.05) is 0 Å². The average molecular weight is 210 g/mol. The Morgan fingerprint density at radius 3 is 1.27 bits per heavy atom. The third-order valence-electron chi connectivity index (χ3n) is 3.91. The summed E-state index contributed by atoms with van der Waals surface area (Å²) in [5, 5.41) is 0. The summed E-state index contributed by atoms with van der Waals surface area (Å²) in [6.07, 6.45) is 13.0. The van der Waals surface area contributed by atoms with Crippen molar-refractivity contribution in [2.24, 2.45) is 10.8 Å². The van der Waals surface area contributed by atoms with Crippen molar-refractivity contribution in [2.45, 2.75) is 85.5 Å². The lowest BCUT2D eigenvalue weighted by molar-refractivity contribution is 0.167. The molecule has 15 heavy (non-hydrogen) atoms. The van der Waals surface area contributed by atoms with Crippen LogP contribution < -0.4 is 0 Å². The zero-order valence-electron chi connectivity index (χ0n) is 11.4. The molecule has 0 aromatic heterocycles. The van der Waals surface area contributed by atoms with Gasteiger partial charge < -0.3 is 0 Å². The van der Waals surface area contributed by atoms with E-state index in [1.807, 2.05) is 0 Å². The van der Waals surface area contributed by atoms with Gasteiger partial charge in [-0.3, -0.25) is 0 Å². The molecule has 0 nitrogen and oxygen atoms in total. The van der Waals surface area contributed by atoms with Gasteiger partial charge in [0, 0.05) is 0 Å². The Balaban J connectivity index is 2.54. The summed E-state index contributed by atoms with van der Waals surface area (Å²) in [6, 6.07) is 0. The lowest BCUT2D eigenvalue weighted by Crippen LogP contribution is -2.23. The van der Waals surface area contributed by atoms with Crippen LogP contribution in [0.4, 0.5) is 0 Å². The minimum absolute atomic E-state index is 0.563. The van der Waals surface area contributed by atoms with Crippen LogP contribution in [0.3, 0.4) is 0 Å². The fraction of sp³-hybridized carbons (Fsp3) is 1.00. The van der Waals surface area contributed by atoms with Crippen molar-refractivity contribution in [3.05, 3.63) is 0 Å². The molecule has 0 N–H and O–H groups in total. The first-order valence-electron chi connectivity index (χ1n) is 6.91. The van der Waals surface area contributed by atoms with Gasteiger partial charge in [-0.05, 0) is 30.1 Å². The first kappa shape index (κ1) is 13.1. The molecule has 0 aliphatic heterocycles. The molecule has 1 rings (SSSR count). The highest BCUT2D eigenvalue weighted by atomic mass is 14.3. The number of rotatable bonds is 0. The van der Waals surface area contributed by atoms with Crippen LogP contribution in [-0.2, 0) is 0 Å². The third kappa shape index (κ3) is 5.58. The van der Waals surface area contributed by atoms with Crippen LogP contribution in [0.2, 0.25) is 0 Å². The molecule has 1 aliphatic carbocycles. The van der Waals surface area contributed by atoms with E-state index < -0.39 is 0 Å². The molecular formula is C15H30. The Bertz CT molecular complexity index is 156. The zero-order chi connectivity index (χ0) is 11.4. The van der Waals surface area contributed by atoms with Crippen molar-refractivity contribution in [1.82, 2.24) is 0 Å². The molecule has 0 aromatic carbocycles. The minimum Gasteiger partial charge on any atom is -0.0599 e. The molecule has 1 saturated carbocycles. The van der Waals surface area contributed by atoms with Crippen LogP contribution in [0.5, 0.6) is 0 Å². The lowest BCUT2D eigenvalue weighted by Gasteiger charge is -2.35. The van der Waals surface area contributed by atoms with Crippen LogP contribution in [0.15, 0.2) is 0 Å². The minimum atomic E-state index is 0.563. The van der Waals surface area contributed by atoms with E-state index in [0.717, 1.165) is 0 Å². The molecule has 0 saturated heterocycles. The van der Waals surface area contributed by atoms with E-state index in [2.05, 4.69) is 27.7 Å². The summed E-state index contributed by atoms with van der Waals surface area (Å²) in [6.45, 7) is 9.86. The van der Waals surface area contributed by atoms with Gasteiger partial charge in [0.15, 0.2) is 0 Å². The molecule has 0 heteroatoms. The van der Waals surface area contributed by atoms with Crippen LogP contribution in [0.1, 0.15) is 85.5 Å². The van der Waals surface area contributed by atoms with Gasteiger partial charge in [0.1, 0.15) is 0 Å². The highest BCUT2D eigenvalue weighted by Crippen LogP contribution is 2.40. The van der Waals surface area contributed by atoms with Crippen molar-refractivity contribution in [1.29, 1.82) is 0 Å². The molecule has 0 unspecified atom stereocenters. The fourth-order valence-electron chi connectivity index (χ4n) is 3.39. The fourth-order valence-corrected chi connectivity index (χ4v) is 3.39. The lowest BCUT2D eigenvalue weighted by atomic mass is 9.71. The molecule has 0 radical (unpaired) electrons. The summed E-state index contributed by atoms with van der Waals surface area (Å²) in [4.78, 5) is 0. The van der Waals surface area contributed by atoms with Gasteiger partial charge in [0.05, 0.1) is 0 Å². The molecule has 0 heterocycles. The maximum absolute atomic E-state index is 2.46. The molecule has 90 valence electrons. The third-order valence-corrected chi connectivity index (χ3v) is 3.91. The summed E-state index contributed by atoms with van der Waals surface area (Å²) < 4.78 is 0. The topological polar surface area (TPSA) is 0 Å². The van der Waals surface area contributed by atoms with Gasteiger partial charge in [-0.1, -0.05) is 66.2 Å². The first-order chi connectivity index (χ1) is 6.91.